The molecule has 1 aromatic carbocycles. The molecular formula is C23H30N4O3. The number of hydrogen-bond donors (Lipinski definition) is 0. The molecule has 1 aromatic heterocycles. The molecular weight excluding hydrogens is 380 g/mol. The summed E-state index contributed by atoms with van der Waals surface area (Å²) in [5.74, 6) is 1.42. The molecule has 1 fully saturated rings. The van der Waals surface area contributed by atoms with Crippen LogP contribution in [0, 0.1) is 13.8 Å². The van der Waals surface area contributed by atoms with E-state index in [1.54, 1.807) is 38.2 Å². The van der Waals surface area contributed by atoms with Crippen LogP contribution in [0.2, 0.25) is 0 Å². The van der Waals surface area contributed by atoms with Gasteiger partial charge in [-0.05, 0) is 38.8 Å². The average molecular weight is 411 g/mol. The summed E-state index contributed by atoms with van der Waals surface area (Å²) in [6.07, 6.45) is 2.13. The summed E-state index contributed by atoms with van der Waals surface area (Å²) in [6.45, 7) is 5.14. The number of aryl methyl sites for hydroxylation is 2. The largest absolute Gasteiger partial charge is 0.496 e. The normalized spacial score (nSPS) is 16.3. The molecule has 0 saturated carbocycles. The van der Waals surface area contributed by atoms with E-state index in [2.05, 4.69) is 0 Å². The summed E-state index contributed by atoms with van der Waals surface area (Å²) in [6, 6.07) is 7.31. The Morgan fingerprint density at radius 3 is 2.47 bits per heavy atom. The summed E-state index contributed by atoms with van der Waals surface area (Å²) >= 11 is 0. The SMILES string of the molecule is COc1ccccc1C(=O)N1CCC[C@H](c2nc(C)c(CC(=O)N(C)C)c(C)n2)C1. The van der Waals surface area contributed by atoms with Crippen LogP contribution >= 0.6 is 0 Å². The summed E-state index contributed by atoms with van der Waals surface area (Å²) in [5.41, 5.74) is 3.13. The molecule has 0 aliphatic carbocycles. The third-order valence-corrected chi connectivity index (χ3v) is 5.68. The highest BCUT2D eigenvalue weighted by Gasteiger charge is 2.29. The van der Waals surface area contributed by atoms with Gasteiger partial charge in [0.1, 0.15) is 11.6 Å². The van der Waals surface area contributed by atoms with Crippen molar-refractivity contribution in [2.24, 2.45) is 0 Å². The molecule has 3 rings (SSSR count). The zero-order valence-corrected chi connectivity index (χ0v) is 18.4. The zero-order valence-electron chi connectivity index (χ0n) is 18.4. The van der Waals surface area contributed by atoms with Gasteiger partial charge in [0, 0.05) is 50.1 Å². The van der Waals surface area contributed by atoms with Crippen molar-refractivity contribution in [2.45, 2.75) is 39.0 Å². The van der Waals surface area contributed by atoms with Crippen LogP contribution in [0.25, 0.3) is 0 Å². The maximum Gasteiger partial charge on any atom is 0.257 e. The second-order valence-electron chi connectivity index (χ2n) is 7.99. The Labute approximate surface area is 178 Å². The van der Waals surface area contributed by atoms with Gasteiger partial charge in [0.25, 0.3) is 5.91 Å². The number of hydrogen-bond acceptors (Lipinski definition) is 5. The number of likely N-dealkylation sites (tertiary alicyclic amines) is 1. The molecule has 2 amide bonds. The number of carbonyl (C=O) groups is 2. The topological polar surface area (TPSA) is 75.6 Å². The second-order valence-corrected chi connectivity index (χ2v) is 7.99. The molecule has 0 bridgehead atoms. The Morgan fingerprint density at radius 1 is 1.17 bits per heavy atom. The molecule has 1 aliphatic rings. The van der Waals surface area contributed by atoms with Crippen molar-refractivity contribution >= 4 is 11.8 Å². The monoisotopic (exact) mass is 410 g/mol. The Balaban J connectivity index is 1.80. The van der Waals surface area contributed by atoms with Crippen molar-refractivity contribution in [3.8, 4) is 5.75 Å². The number of nitrogens with zero attached hydrogens (tertiary/aromatic N) is 4. The highest BCUT2D eigenvalue weighted by Crippen LogP contribution is 2.28. The van der Waals surface area contributed by atoms with E-state index in [0.717, 1.165) is 35.6 Å². The minimum atomic E-state index is -0.0289. The van der Waals surface area contributed by atoms with Crippen molar-refractivity contribution in [3.05, 3.63) is 52.6 Å². The molecule has 2 aromatic rings. The van der Waals surface area contributed by atoms with Gasteiger partial charge in [-0.25, -0.2) is 9.97 Å². The fraction of sp³-hybridized carbons (Fsp3) is 0.478. The number of rotatable bonds is 5. The number of piperidine rings is 1. The van der Waals surface area contributed by atoms with Gasteiger partial charge in [0.05, 0.1) is 19.1 Å². The summed E-state index contributed by atoms with van der Waals surface area (Å²) < 4.78 is 5.36. The fourth-order valence-corrected chi connectivity index (χ4v) is 3.88. The van der Waals surface area contributed by atoms with Crippen molar-refractivity contribution in [1.29, 1.82) is 0 Å². The number of likely N-dealkylation sites (N-methyl/N-ethyl adjacent to an activating group) is 1. The van der Waals surface area contributed by atoms with Crippen LogP contribution in [0.15, 0.2) is 24.3 Å². The Bertz CT molecular complexity index is 919. The van der Waals surface area contributed by atoms with Crippen LogP contribution in [0.1, 0.15) is 51.9 Å². The van der Waals surface area contributed by atoms with Gasteiger partial charge < -0.3 is 14.5 Å². The van der Waals surface area contributed by atoms with E-state index < -0.39 is 0 Å². The van der Waals surface area contributed by atoms with Crippen molar-refractivity contribution < 1.29 is 14.3 Å². The Hall–Kier alpha value is -2.96. The first-order chi connectivity index (χ1) is 14.3. The van der Waals surface area contributed by atoms with Crippen molar-refractivity contribution in [1.82, 2.24) is 19.8 Å². The zero-order chi connectivity index (χ0) is 21.8. The molecule has 1 saturated heterocycles. The van der Waals surface area contributed by atoms with Crippen molar-refractivity contribution in [3.63, 3.8) is 0 Å². The first kappa shape index (κ1) is 21.7. The summed E-state index contributed by atoms with van der Waals surface area (Å²) in [5, 5.41) is 0. The summed E-state index contributed by atoms with van der Waals surface area (Å²) in [7, 11) is 5.07. The fourth-order valence-electron chi connectivity index (χ4n) is 3.88. The van der Waals surface area contributed by atoms with Gasteiger partial charge in [-0.1, -0.05) is 12.1 Å². The number of ether oxygens (including phenoxy) is 1. The molecule has 1 atom stereocenters. The molecule has 160 valence electrons. The van der Waals surface area contributed by atoms with Gasteiger partial charge >= 0.3 is 0 Å². The van der Waals surface area contributed by atoms with Crippen LogP contribution in [0.4, 0.5) is 0 Å². The molecule has 7 heteroatoms. The van der Waals surface area contributed by atoms with Crippen LogP contribution in [-0.4, -0.2) is 65.9 Å². The van der Waals surface area contributed by atoms with E-state index in [4.69, 9.17) is 14.7 Å². The minimum Gasteiger partial charge on any atom is -0.496 e. The molecule has 1 aliphatic heterocycles. The lowest BCUT2D eigenvalue weighted by Crippen LogP contribution is -2.39. The van der Waals surface area contributed by atoms with E-state index in [0.29, 0.717) is 30.8 Å². The standard InChI is InChI=1S/C23H30N4O3/c1-15-19(13-21(28)26(3)4)16(2)25-22(24-15)17-9-8-12-27(14-17)23(29)18-10-6-7-11-20(18)30-5/h6-7,10-11,17H,8-9,12-14H2,1-5H3/t17-/m0/s1. The number of benzene rings is 1. The minimum absolute atomic E-state index is 0.0289. The lowest BCUT2D eigenvalue weighted by Gasteiger charge is -2.32. The van der Waals surface area contributed by atoms with Gasteiger partial charge in [0.2, 0.25) is 5.91 Å². The van der Waals surface area contributed by atoms with Gasteiger partial charge in [-0.2, -0.15) is 0 Å². The Kier molecular flexibility index (Phi) is 6.70. The van der Waals surface area contributed by atoms with E-state index >= 15 is 0 Å². The average Bonchev–Trinajstić information content (AvgIpc) is 2.75. The van der Waals surface area contributed by atoms with E-state index in [1.807, 2.05) is 30.9 Å². The van der Waals surface area contributed by atoms with Gasteiger partial charge in [-0.15, -0.1) is 0 Å². The third kappa shape index (κ3) is 4.61. The molecule has 0 N–H and O–H groups in total. The van der Waals surface area contributed by atoms with Crippen LogP contribution in [0.5, 0.6) is 5.75 Å². The van der Waals surface area contributed by atoms with Crippen LogP contribution < -0.4 is 4.74 Å². The highest BCUT2D eigenvalue weighted by molar-refractivity contribution is 5.97. The quantitative estimate of drug-likeness (QED) is 0.758. The molecule has 2 heterocycles. The maximum atomic E-state index is 13.1. The lowest BCUT2D eigenvalue weighted by atomic mass is 9.95. The van der Waals surface area contributed by atoms with E-state index in [-0.39, 0.29) is 17.7 Å². The van der Waals surface area contributed by atoms with Crippen LogP contribution in [0.3, 0.4) is 0 Å². The first-order valence-corrected chi connectivity index (χ1v) is 10.3. The predicted octanol–water partition coefficient (Wildman–Crippen LogP) is 2.75. The van der Waals surface area contributed by atoms with E-state index in [9.17, 15) is 9.59 Å². The smallest absolute Gasteiger partial charge is 0.257 e. The Morgan fingerprint density at radius 2 is 1.83 bits per heavy atom. The molecule has 0 unspecified atom stereocenters. The number of aromatic nitrogens is 2. The molecule has 0 spiro atoms. The predicted molar refractivity (Wildman–Crippen MR) is 115 cm³/mol. The van der Waals surface area contributed by atoms with Gasteiger partial charge in [-0.3, -0.25) is 9.59 Å². The number of methoxy groups -OCH3 is 1. The second kappa shape index (κ2) is 9.24. The molecule has 7 nitrogen and oxygen atoms in total. The molecule has 30 heavy (non-hydrogen) atoms. The highest BCUT2D eigenvalue weighted by atomic mass is 16.5. The number of amides is 2. The summed E-state index contributed by atoms with van der Waals surface area (Å²) in [4.78, 5) is 38.1. The van der Waals surface area contributed by atoms with E-state index in [1.165, 1.54) is 0 Å². The lowest BCUT2D eigenvalue weighted by molar-refractivity contribution is -0.128. The molecule has 0 radical (unpaired) electrons. The number of para-hydroxylation sites is 1. The first-order valence-electron chi connectivity index (χ1n) is 10.3. The number of carbonyl (C=O) groups excluding carboxylic acids is 2. The third-order valence-electron chi connectivity index (χ3n) is 5.68. The van der Waals surface area contributed by atoms with Gasteiger partial charge in [0.15, 0.2) is 0 Å². The van der Waals surface area contributed by atoms with Crippen molar-refractivity contribution in [2.75, 3.05) is 34.3 Å². The van der Waals surface area contributed by atoms with Crippen LogP contribution in [-0.2, 0) is 11.2 Å². The maximum absolute atomic E-state index is 13.1.